The van der Waals surface area contributed by atoms with Crippen LogP contribution in [0.15, 0.2) is 17.5 Å². The van der Waals surface area contributed by atoms with Crippen LogP contribution in [0, 0.1) is 17.8 Å². The third-order valence-electron chi connectivity index (χ3n) is 5.25. The summed E-state index contributed by atoms with van der Waals surface area (Å²) in [6.45, 7) is 3.94. The van der Waals surface area contributed by atoms with Crippen LogP contribution in [0.4, 0.5) is 0 Å². The van der Waals surface area contributed by atoms with Crippen LogP contribution in [0.1, 0.15) is 37.5 Å². The summed E-state index contributed by atoms with van der Waals surface area (Å²) in [6.07, 6.45) is 5.31. The van der Waals surface area contributed by atoms with Crippen molar-refractivity contribution in [2.75, 3.05) is 13.2 Å². The molecule has 0 unspecified atom stereocenters. The number of hydrogen-bond acceptors (Lipinski definition) is 4. The van der Waals surface area contributed by atoms with Gasteiger partial charge in [0, 0.05) is 17.5 Å². The topological polar surface area (TPSA) is 41.5 Å². The van der Waals surface area contributed by atoms with Crippen molar-refractivity contribution < 1.29 is 9.84 Å². The summed E-state index contributed by atoms with van der Waals surface area (Å²) in [5, 5.41) is 15.6. The van der Waals surface area contributed by atoms with Gasteiger partial charge in [-0.3, -0.25) is 0 Å². The molecule has 2 aliphatic carbocycles. The van der Waals surface area contributed by atoms with Crippen LogP contribution in [0.5, 0.6) is 0 Å². The van der Waals surface area contributed by atoms with E-state index in [1.807, 2.05) is 11.4 Å². The molecule has 2 bridgehead atoms. The molecule has 2 fully saturated rings. The number of aliphatic hydroxyl groups excluding tert-OH is 1. The molecular weight excluding hydrogens is 282 g/mol. The molecule has 0 saturated heterocycles. The molecule has 3 nitrogen and oxygen atoms in total. The number of aliphatic hydroxyl groups is 1. The highest BCUT2D eigenvalue weighted by molar-refractivity contribution is 7.09. The lowest BCUT2D eigenvalue weighted by Crippen LogP contribution is -2.41. The minimum atomic E-state index is -0.411. The highest BCUT2D eigenvalue weighted by atomic mass is 32.1. The monoisotopic (exact) mass is 309 g/mol. The predicted molar refractivity (Wildman–Crippen MR) is 86.4 cm³/mol. The first kappa shape index (κ1) is 15.5. The van der Waals surface area contributed by atoms with Crippen molar-refractivity contribution in [2.24, 2.45) is 17.8 Å². The Kier molecular flexibility index (Phi) is 5.33. The van der Waals surface area contributed by atoms with Gasteiger partial charge in [0.25, 0.3) is 0 Å². The van der Waals surface area contributed by atoms with Gasteiger partial charge in [0.1, 0.15) is 0 Å². The van der Waals surface area contributed by atoms with E-state index in [-0.39, 0.29) is 0 Å². The zero-order valence-electron chi connectivity index (χ0n) is 12.8. The van der Waals surface area contributed by atoms with E-state index in [4.69, 9.17) is 4.74 Å². The molecule has 2 aliphatic rings. The Bertz CT molecular complexity index is 422. The fourth-order valence-electron chi connectivity index (χ4n) is 4.13. The minimum absolute atomic E-state index is 0.411. The summed E-state index contributed by atoms with van der Waals surface area (Å²) in [5.74, 6) is 2.75. The summed E-state index contributed by atoms with van der Waals surface area (Å²) < 4.78 is 5.57. The smallest absolute Gasteiger partial charge is 0.0897 e. The van der Waals surface area contributed by atoms with Gasteiger partial charge in [0.2, 0.25) is 0 Å². The molecule has 1 heterocycles. The summed E-state index contributed by atoms with van der Waals surface area (Å²) in [7, 11) is 0. The van der Waals surface area contributed by atoms with Gasteiger partial charge in [-0.1, -0.05) is 12.5 Å². The van der Waals surface area contributed by atoms with E-state index >= 15 is 0 Å². The third-order valence-corrected chi connectivity index (χ3v) is 6.10. The molecule has 0 aliphatic heterocycles. The van der Waals surface area contributed by atoms with Crippen molar-refractivity contribution in [1.29, 1.82) is 0 Å². The van der Waals surface area contributed by atoms with Crippen LogP contribution in [-0.2, 0) is 11.3 Å². The normalized spacial score (nSPS) is 30.7. The van der Waals surface area contributed by atoms with E-state index in [0.717, 1.165) is 17.8 Å². The van der Waals surface area contributed by atoms with Crippen molar-refractivity contribution in [3.63, 3.8) is 0 Å². The lowest BCUT2D eigenvalue weighted by molar-refractivity contribution is 0.0273. The summed E-state index contributed by atoms with van der Waals surface area (Å²) in [5.41, 5.74) is 0. The third kappa shape index (κ3) is 4.07. The molecule has 0 aromatic carbocycles. The molecule has 0 radical (unpaired) electrons. The fraction of sp³-hybridized carbons (Fsp3) is 0.765. The molecular formula is C17H27NO2S. The predicted octanol–water partition coefficient (Wildman–Crippen LogP) is 3.04. The molecule has 5 atom stereocenters. The van der Waals surface area contributed by atoms with Crippen molar-refractivity contribution >= 4 is 11.3 Å². The van der Waals surface area contributed by atoms with E-state index in [9.17, 15) is 5.11 Å². The van der Waals surface area contributed by atoms with Gasteiger partial charge < -0.3 is 15.2 Å². The molecule has 2 saturated carbocycles. The quantitative estimate of drug-likeness (QED) is 0.775. The molecule has 1 aromatic heterocycles. The zero-order chi connectivity index (χ0) is 14.7. The lowest BCUT2D eigenvalue weighted by Gasteiger charge is -2.29. The summed E-state index contributed by atoms with van der Waals surface area (Å²) in [6, 6.07) is 4.61. The van der Waals surface area contributed by atoms with Crippen LogP contribution >= 0.6 is 11.3 Å². The first-order chi connectivity index (χ1) is 10.2. The number of fused-ring (bicyclic) bond motifs is 2. The van der Waals surface area contributed by atoms with E-state index < -0.39 is 6.10 Å². The largest absolute Gasteiger partial charge is 0.389 e. The Balaban J connectivity index is 1.31. The number of rotatable bonds is 8. The average molecular weight is 309 g/mol. The highest BCUT2D eigenvalue weighted by Crippen LogP contribution is 2.49. The second-order valence-electron chi connectivity index (χ2n) is 6.78. The maximum Gasteiger partial charge on any atom is 0.0897 e. The van der Waals surface area contributed by atoms with E-state index in [1.54, 1.807) is 11.3 Å². The second kappa shape index (κ2) is 7.23. The van der Waals surface area contributed by atoms with Gasteiger partial charge in [0.05, 0.1) is 19.3 Å². The molecule has 0 amide bonds. The van der Waals surface area contributed by atoms with Gasteiger partial charge in [-0.25, -0.2) is 0 Å². The van der Waals surface area contributed by atoms with Gasteiger partial charge in [-0.05, 0) is 55.4 Å². The molecule has 2 N–H and O–H groups in total. The van der Waals surface area contributed by atoms with Crippen molar-refractivity contribution in [3.05, 3.63) is 22.4 Å². The lowest BCUT2D eigenvalue weighted by atomic mass is 9.84. The number of nitrogens with one attached hydrogen (secondary N) is 1. The van der Waals surface area contributed by atoms with Crippen molar-refractivity contribution in [1.82, 2.24) is 5.32 Å². The Morgan fingerprint density at radius 3 is 3.00 bits per heavy atom. The van der Waals surface area contributed by atoms with E-state index in [1.165, 1.54) is 30.6 Å². The van der Waals surface area contributed by atoms with Crippen LogP contribution < -0.4 is 5.32 Å². The Hall–Kier alpha value is -0.420. The zero-order valence-corrected chi connectivity index (χ0v) is 13.6. The average Bonchev–Trinajstić information content (AvgIpc) is 3.21. The molecule has 0 spiro atoms. The fourth-order valence-corrected chi connectivity index (χ4v) is 4.77. The molecule has 118 valence electrons. The Morgan fingerprint density at radius 2 is 2.33 bits per heavy atom. The van der Waals surface area contributed by atoms with Gasteiger partial charge >= 0.3 is 0 Å². The second-order valence-corrected chi connectivity index (χ2v) is 7.82. The standard InChI is InChI=1S/C17H27NO2S/c1-12(17-8-13-4-5-14(17)7-13)18-9-15(19)10-20-11-16-3-2-6-21-16/h2-3,6,12-15,17-19H,4-5,7-11H2,1H3/t12-,13-,14-,15-,17+/m0/s1. The summed E-state index contributed by atoms with van der Waals surface area (Å²) in [4.78, 5) is 1.21. The van der Waals surface area contributed by atoms with Crippen molar-refractivity contribution in [3.8, 4) is 0 Å². The van der Waals surface area contributed by atoms with E-state index in [2.05, 4.69) is 18.3 Å². The van der Waals surface area contributed by atoms with Crippen LogP contribution in [0.3, 0.4) is 0 Å². The maximum atomic E-state index is 10.0. The van der Waals surface area contributed by atoms with Gasteiger partial charge in [-0.2, -0.15) is 0 Å². The van der Waals surface area contributed by atoms with Gasteiger partial charge in [-0.15, -0.1) is 11.3 Å². The number of ether oxygens (including phenoxy) is 1. The Morgan fingerprint density at radius 1 is 1.43 bits per heavy atom. The first-order valence-corrected chi connectivity index (χ1v) is 9.12. The molecule has 4 heteroatoms. The SMILES string of the molecule is C[C@H](NC[C@H](O)COCc1cccs1)[C@H]1C[C@H]2CC[C@H]1C2. The maximum absolute atomic E-state index is 10.0. The molecule has 1 aromatic rings. The summed E-state index contributed by atoms with van der Waals surface area (Å²) >= 11 is 1.69. The van der Waals surface area contributed by atoms with Crippen molar-refractivity contribution in [2.45, 2.75) is 51.4 Å². The molecule has 21 heavy (non-hydrogen) atoms. The van der Waals surface area contributed by atoms with Crippen LogP contribution in [-0.4, -0.2) is 30.4 Å². The highest BCUT2D eigenvalue weighted by Gasteiger charge is 2.41. The van der Waals surface area contributed by atoms with Crippen LogP contribution in [0.25, 0.3) is 0 Å². The number of thiophene rings is 1. The first-order valence-electron chi connectivity index (χ1n) is 8.24. The Labute approximate surface area is 131 Å². The minimum Gasteiger partial charge on any atom is -0.389 e. The number of hydrogen-bond donors (Lipinski definition) is 2. The van der Waals surface area contributed by atoms with E-state index in [0.29, 0.717) is 25.8 Å². The van der Waals surface area contributed by atoms with Crippen LogP contribution in [0.2, 0.25) is 0 Å². The molecule has 3 rings (SSSR count). The van der Waals surface area contributed by atoms with Gasteiger partial charge in [0.15, 0.2) is 0 Å².